The molecule has 0 amide bonds. The van der Waals surface area contributed by atoms with Crippen LogP contribution in [0.1, 0.15) is 12.8 Å². The fourth-order valence-electron chi connectivity index (χ4n) is 2.53. The summed E-state index contributed by atoms with van der Waals surface area (Å²) in [6.07, 6.45) is 3.29. The van der Waals surface area contributed by atoms with E-state index in [0.29, 0.717) is 11.7 Å². The number of nitro groups is 1. The van der Waals surface area contributed by atoms with Gasteiger partial charge in [-0.3, -0.25) is 10.1 Å². The van der Waals surface area contributed by atoms with Crippen molar-refractivity contribution < 1.29 is 9.66 Å². The molecule has 0 unspecified atom stereocenters. The quantitative estimate of drug-likeness (QED) is 0.631. The monoisotopic (exact) mass is 281 g/mol. The molecule has 20 heavy (non-hydrogen) atoms. The number of methoxy groups -OCH3 is 1. The van der Waals surface area contributed by atoms with Gasteiger partial charge >= 0.3 is 5.69 Å². The van der Waals surface area contributed by atoms with Gasteiger partial charge in [0.2, 0.25) is 5.82 Å². The van der Waals surface area contributed by atoms with E-state index in [1.54, 1.807) is 0 Å². The SMILES string of the molecule is CNCC1CCN(c2ncnc(OC)c2[N+](=O)[O-])CC1. The summed E-state index contributed by atoms with van der Waals surface area (Å²) in [6.45, 7) is 2.49. The number of hydrogen-bond acceptors (Lipinski definition) is 7. The van der Waals surface area contributed by atoms with Gasteiger partial charge in [0.1, 0.15) is 6.33 Å². The molecule has 0 spiro atoms. The lowest BCUT2D eigenvalue weighted by Crippen LogP contribution is -2.37. The minimum Gasteiger partial charge on any atom is -0.476 e. The van der Waals surface area contributed by atoms with Crippen molar-refractivity contribution in [3.05, 3.63) is 16.4 Å². The molecule has 1 aromatic rings. The highest BCUT2D eigenvalue weighted by Gasteiger charge is 2.30. The second-order valence-corrected chi connectivity index (χ2v) is 4.80. The lowest BCUT2D eigenvalue weighted by atomic mass is 9.97. The summed E-state index contributed by atoms with van der Waals surface area (Å²) in [6, 6.07) is 0. The lowest BCUT2D eigenvalue weighted by molar-refractivity contribution is -0.385. The molecule has 8 heteroatoms. The Hall–Kier alpha value is -1.96. The summed E-state index contributed by atoms with van der Waals surface area (Å²) in [5.41, 5.74) is -0.151. The molecule has 2 rings (SSSR count). The van der Waals surface area contributed by atoms with Gasteiger partial charge in [0.15, 0.2) is 0 Å². The van der Waals surface area contributed by atoms with Gasteiger partial charge in [0.25, 0.3) is 5.88 Å². The molecule has 1 aliphatic rings. The average Bonchev–Trinajstić information content (AvgIpc) is 2.47. The summed E-state index contributed by atoms with van der Waals surface area (Å²) in [5.74, 6) is 0.973. The Kier molecular flexibility index (Phi) is 4.67. The predicted octanol–water partition coefficient (Wildman–Crippen LogP) is 0.829. The van der Waals surface area contributed by atoms with Crippen molar-refractivity contribution in [1.82, 2.24) is 15.3 Å². The highest BCUT2D eigenvalue weighted by atomic mass is 16.6. The van der Waals surface area contributed by atoms with E-state index in [4.69, 9.17) is 4.74 Å². The first-order valence-corrected chi connectivity index (χ1v) is 6.60. The fourth-order valence-corrected chi connectivity index (χ4v) is 2.53. The maximum absolute atomic E-state index is 11.2. The molecule has 1 aromatic heterocycles. The Labute approximate surface area is 117 Å². The van der Waals surface area contributed by atoms with Gasteiger partial charge in [0, 0.05) is 13.1 Å². The molecule has 1 aliphatic heterocycles. The van der Waals surface area contributed by atoms with Crippen LogP contribution < -0.4 is 15.0 Å². The van der Waals surface area contributed by atoms with E-state index in [-0.39, 0.29) is 11.6 Å². The maximum Gasteiger partial charge on any atom is 0.372 e. The van der Waals surface area contributed by atoms with Crippen LogP contribution in [-0.4, -0.2) is 48.7 Å². The third kappa shape index (κ3) is 2.96. The van der Waals surface area contributed by atoms with Crippen LogP contribution in [0.25, 0.3) is 0 Å². The normalized spacial score (nSPS) is 16.2. The number of nitrogens with one attached hydrogen (secondary N) is 1. The van der Waals surface area contributed by atoms with Crippen LogP contribution in [0, 0.1) is 16.0 Å². The van der Waals surface area contributed by atoms with Crippen molar-refractivity contribution >= 4 is 11.5 Å². The first kappa shape index (κ1) is 14.4. The molecule has 2 heterocycles. The smallest absolute Gasteiger partial charge is 0.372 e. The van der Waals surface area contributed by atoms with Crippen LogP contribution in [-0.2, 0) is 0 Å². The first-order valence-electron chi connectivity index (χ1n) is 6.60. The fraction of sp³-hybridized carbons (Fsp3) is 0.667. The number of aromatic nitrogens is 2. The molecule has 0 atom stereocenters. The van der Waals surface area contributed by atoms with Gasteiger partial charge in [-0.1, -0.05) is 0 Å². The zero-order chi connectivity index (χ0) is 14.5. The van der Waals surface area contributed by atoms with Crippen LogP contribution in [0.15, 0.2) is 6.33 Å². The highest BCUT2D eigenvalue weighted by molar-refractivity contribution is 5.62. The molecule has 110 valence electrons. The topological polar surface area (TPSA) is 93.4 Å². The van der Waals surface area contributed by atoms with E-state index in [1.807, 2.05) is 11.9 Å². The van der Waals surface area contributed by atoms with Gasteiger partial charge in [-0.2, -0.15) is 4.98 Å². The minimum atomic E-state index is -0.478. The molecule has 0 radical (unpaired) electrons. The number of hydrogen-bond donors (Lipinski definition) is 1. The third-order valence-electron chi connectivity index (χ3n) is 3.55. The largest absolute Gasteiger partial charge is 0.476 e. The third-order valence-corrected chi connectivity index (χ3v) is 3.55. The van der Waals surface area contributed by atoms with Crippen molar-refractivity contribution in [3.63, 3.8) is 0 Å². The second kappa shape index (κ2) is 6.47. The Bertz CT molecular complexity index is 474. The zero-order valence-corrected chi connectivity index (χ0v) is 11.7. The molecule has 1 N–H and O–H groups in total. The Morgan fingerprint density at radius 1 is 1.50 bits per heavy atom. The molecular weight excluding hydrogens is 262 g/mol. The second-order valence-electron chi connectivity index (χ2n) is 4.80. The van der Waals surface area contributed by atoms with E-state index >= 15 is 0 Å². The van der Waals surface area contributed by atoms with Crippen LogP contribution >= 0.6 is 0 Å². The van der Waals surface area contributed by atoms with Gasteiger partial charge in [-0.05, 0) is 32.4 Å². The first-order chi connectivity index (χ1) is 9.67. The molecule has 0 aliphatic carbocycles. The van der Waals surface area contributed by atoms with E-state index < -0.39 is 4.92 Å². The Balaban J connectivity index is 2.19. The van der Waals surface area contributed by atoms with Crippen molar-refractivity contribution in [3.8, 4) is 5.88 Å². The number of nitrogens with zero attached hydrogens (tertiary/aromatic N) is 4. The predicted molar refractivity (Wildman–Crippen MR) is 74.1 cm³/mol. The summed E-state index contributed by atoms with van der Waals surface area (Å²) >= 11 is 0. The van der Waals surface area contributed by atoms with Crippen molar-refractivity contribution in [2.24, 2.45) is 5.92 Å². The number of piperidine rings is 1. The highest BCUT2D eigenvalue weighted by Crippen LogP contribution is 2.34. The van der Waals surface area contributed by atoms with Crippen LogP contribution in [0.3, 0.4) is 0 Å². The average molecular weight is 281 g/mol. The van der Waals surface area contributed by atoms with E-state index in [9.17, 15) is 10.1 Å². The molecular formula is C12H19N5O3. The van der Waals surface area contributed by atoms with E-state index in [2.05, 4.69) is 15.3 Å². The molecule has 0 bridgehead atoms. The summed E-state index contributed by atoms with van der Waals surface area (Å²) < 4.78 is 4.97. The van der Waals surface area contributed by atoms with Gasteiger partial charge < -0.3 is 15.0 Å². The van der Waals surface area contributed by atoms with E-state index in [0.717, 1.165) is 32.5 Å². The van der Waals surface area contributed by atoms with Gasteiger partial charge in [-0.15, -0.1) is 0 Å². The summed E-state index contributed by atoms with van der Waals surface area (Å²) in [4.78, 5) is 20.6. The summed E-state index contributed by atoms with van der Waals surface area (Å²) in [5, 5.41) is 14.4. The maximum atomic E-state index is 11.2. The molecule has 8 nitrogen and oxygen atoms in total. The molecule has 1 fully saturated rings. The Morgan fingerprint density at radius 3 is 2.75 bits per heavy atom. The van der Waals surface area contributed by atoms with E-state index in [1.165, 1.54) is 13.4 Å². The molecule has 1 saturated heterocycles. The summed E-state index contributed by atoms with van der Waals surface area (Å²) in [7, 11) is 3.31. The minimum absolute atomic E-state index is 0.0114. The van der Waals surface area contributed by atoms with Crippen LogP contribution in [0.5, 0.6) is 5.88 Å². The lowest BCUT2D eigenvalue weighted by Gasteiger charge is -2.32. The van der Waals surface area contributed by atoms with Crippen molar-refractivity contribution in [1.29, 1.82) is 0 Å². The zero-order valence-electron chi connectivity index (χ0n) is 11.7. The van der Waals surface area contributed by atoms with Crippen molar-refractivity contribution in [2.45, 2.75) is 12.8 Å². The van der Waals surface area contributed by atoms with Crippen LogP contribution in [0.2, 0.25) is 0 Å². The standard InChI is InChI=1S/C12H19N5O3/c1-13-7-9-3-5-16(6-4-9)11-10(17(18)19)12(20-2)15-8-14-11/h8-9,13H,3-7H2,1-2H3. The van der Waals surface area contributed by atoms with Gasteiger partial charge in [-0.25, -0.2) is 4.98 Å². The number of anilines is 1. The molecule has 0 aromatic carbocycles. The van der Waals surface area contributed by atoms with Gasteiger partial charge in [0.05, 0.1) is 12.0 Å². The Morgan fingerprint density at radius 2 is 2.20 bits per heavy atom. The number of rotatable bonds is 5. The van der Waals surface area contributed by atoms with Crippen LogP contribution in [0.4, 0.5) is 11.5 Å². The number of ether oxygens (including phenoxy) is 1. The van der Waals surface area contributed by atoms with Crippen molar-refractivity contribution in [2.75, 3.05) is 38.7 Å². The molecule has 0 saturated carbocycles.